The summed E-state index contributed by atoms with van der Waals surface area (Å²) >= 11 is 18.3. The first-order valence-electron chi connectivity index (χ1n) is 7.84. The van der Waals surface area contributed by atoms with Gasteiger partial charge in [0.25, 0.3) is 0 Å². The molecule has 3 aliphatic rings. The van der Waals surface area contributed by atoms with Crippen LogP contribution in [0.5, 0.6) is 0 Å². The van der Waals surface area contributed by atoms with Crippen molar-refractivity contribution >= 4 is 34.8 Å². The van der Waals surface area contributed by atoms with Crippen molar-refractivity contribution in [1.82, 2.24) is 4.90 Å². The standard InChI is InChI=1S/C14H21Cl3N2O2/c15-14(16,17)11-10-6-2-3-7-13(10,12(11)19(20)21)18-8-4-1-5-9-18/h10-12H,1-9H2/t10-,11-,12+,13+/m0/s1. The van der Waals surface area contributed by atoms with Gasteiger partial charge in [-0.25, -0.2) is 0 Å². The Morgan fingerprint density at radius 2 is 1.76 bits per heavy atom. The van der Waals surface area contributed by atoms with Crippen LogP contribution in [0.3, 0.4) is 0 Å². The summed E-state index contributed by atoms with van der Waals surface area (Å²) in [5, 5.41) is 11.7. The monoisotopic (exact) mass is 354 g/mol. The van der Waals surface area contributed by atoms with E-state index < -0.39 is 15.8 Å². The van der Waals surface area contributed by atoms with E-state index in [1.54, 1.807) is 0 Å². The van der Waals surface area contributed by atoms with Crippen LogP contribution in [0.15, 0.2) is 0 Å². The molecule has 0 aromatic heterocycles. The van der Waals surface area contributed by atoms with Gasteiger partial charge in [0.05, 0.1) is 11.5 Å². The number of halogens is 3. The Kier molecular flexibility index (Phi) is 4.37. The minimum atomic E-state index is -1.54. The molecule has 2 aliphatic carbocycles. The van der Waals surface area contributed by atoms with Crippen molar-refractivity contribution in [3.63, 3.8) is 0 Å². The van der Waals surface area contributed by atoms with Gasteiger partial charge < -0.3 is 0 Å². The third kappa shape index (κ3) is 2.46. The Hall–Kier alpha value is 0.230. The second-order valence-corrected chi connectivity index (χ2v) is 9.06. The van der Waals surface area contributed by atoms with Gasteiger partial charge in [0.2, 0.25) is 6.04 Å². The lowest BCUT2D eigenvalue weighted by atomic mass is 9.49. The van der Waals surface area contributed by atoms with E-state index in [2.05, 4.69) is 4.90 Å². The summed E-state index contributed by atoms with van der Waals surface area (Å²) in [5.74, 6) is -0.313. The fraction of sp³-hybridized carbons (Fsp3) is 1.00. The van der Waals surface area contributed by atoms with Crippen molar-refractivity contribution in [3.8, 4) is 0 Å². The number of rotatable bonds is 2. The number of fused-ring (bicyclic) bond motifs is 1. The predicted octanol–water partition coefficient (Wildman–Crippen LogP) is 4.05. The predicted molar refractivity (Wildman–Crippen MR) is 84.7 cm³/mol. The van der Waals surface area contributed by atoms with Gasteiger partial charge in [-0.3, -0.25) is 15.0 Å². The highest BCUT2D eigenvalue weighted by Gasteiger charge is 2.75. The molecule has 0 spiro atoms. The number of nitrogens with zero attached hydrogens (tertiary/aromatic N) is 2. The van der Waals surface area contributed by atoms with Crippen LogP contribution in [0.2, 0.25) is 0 Å². The molecule has 120 valence electrons. The quantitative estimate of drug-likeness (QED) is 0.426. The normalized spacial score (nSPS) is 41.2. The van der Waals surface area contributed by atoms with E-state index >= 15 is 0 Å². The maximum atomic E-state index is 11.7. The number of likely N-dealkylation sites (tertiary alicyclic amines) is 1. The van der Waals surface area contributed by atoms with Gasteiger partial charge in [0, 0.05) is 4.92 Å². The topological polar surface area (TPSA) is 46.4 Å². The largest absolute Gasteiger partial charge is 0.291 e. The van der Waals surface area contributed by atoms with Crippen LogP contribution in [0, 0.1) is 22.0 Å². The van der Waals surface area contributed by atoms with E-state index in [0.717, 1.165) is 51.6 Å². The van der Waals surface area contributed by atoms with Gasteiger partial charge >= 0.3 is 0 Å². The van der Waals surface area contributed by atoms with Gasteiger partial charge in [-0.15, -0.1) is 0 Å². The first-order chi connectivity index (χ1) is 9.89. The smallest absolute Gasteiger partial charge is 0.238 e. The van der Waals surface area contributed by atoms with Crippen molar-refractivity contribution in [2.24, 2.45) is 11.8 Å². The molecular weight excluding hydrogens is 335 g/mol. The first kappa shape index (κ1) is 16.1. The fourth-order valence-electron chi connectivity index (χ4n) is 5.09. The molecule has 0 radical (unpaired) electrons. The molecule has 0 unspecified atom stereocenters. The van der Waals surface area contributed by atoms with Gasteiger partial charge in [-0.05, 0) is 44.7 Å². The van der Waals surface area contributed by atoms with E-state index in [1.807, 2.05) is 0 Å². The third-order valence-corrected chi connectivity index (χ3v) is 6.58. The minimum absolute atomic E-state index is 0.146. The molecule has 1 aliphatic heterocycles. The zero-order chi connectivity index (χ0) is 15.3. The number of hydrogen-bond acceptors (Lipinski definition) is 3. The summed E-state index contributed by atoms with van der Waals surface area (Å²) in [6.07, 6.45) is 7.41. The van der Waals surface area contributed by atoms with Gasteiger partial charge in [-0.2, -0.15) is 0 Å². The van der Waals surface area contributed by atoms with Crippen molar-refractivity contribution in [2.75, 3.05) is 13.1 Å². The maximum absolute atomic E-state index is 11.7. The Morgan fingerprint density at radius 1 is 1.10 bits per heavy atom. The molecule has 0 aromatic rings. The number of piperidine rings is 1. The number of alkyl halides is 3. The molecule has 0 N–H and O–H groups in total. The number of nitro groups is 1. The van der Waals surface area contributed by atoms with Crippen molar-refractivity contribution < 1.29 is 4.92 Å². The molecule has 1 saturated heterocycles. The second-order valence-electron chi connectivity index (χ2n) is 6.69. The third-order valence-electron chi connectivity index (χ3n) is 5.82. The summed E-state index contributed by atoms with van der Waals surface area (Å²) in [5.41, 5.74) is -0.364. The summed E-state index contributed by atoms with van der Waals surface area (Å²) in [6, 6.07) is -0.742. The molecule has 4 atom stereocenters. The van der Waals surface area contributed by atoms with E-state index in [9.17, 15) is 10.1 Å². The molecule has 3 fully saturated rings. The SMILES string of the molecule is O=[N+]([O-])[C@@H]1[C@@H](C(Cl)(Cl)Cl)[C@@H]2CCCC[C@@]21N1CCCCC1. The van der Waals surface area contributed by atoms with Gasteiger partial charge in [0.1, 0.15) is 0 Å². The molecule has 0 aromatic carbocycles. The highest BCUT2D eigenvalue weighted by molar-refractivity contribution is 6.67. The average Bonchev–Trinajstić information content (AvgIpc) is 2.39. The van der Waals surface area contributed by atoms with Crippen LogP contribution in [0.4, 0.5) is 0 Å². The lowest BCUT2D eigenvalue weighted by Crippen LogP contribution is -2.79. The summed E-state index contributed by atoms with van der Waals surface area (Å²) in [4.78, 5) is 13.9. The van der Waals surface area contributed by atoms with Crippen molar-refractivity contribution in [3.05, 3.63) is 10.1 Å². The van der Waals surface area contributed by atoms with Gasteiger partial charge in [-0.1, -0.05) is 54.1 Å². The van der Waals surface area contributed by atoms with E-state index in [-0.39, 0.29) is 16.4 Å². The minimum Gasteiger partial charge on any atom is -0.291 e. The molecule has 0 amide bonds. The maximum Gasteiger partial charge on any atom is 0.238 e. The van der Waals surface area contributed by atoms with Crippen LogP contribution in [-0.4, -0.2) is 38.3 Å². The lowest BCUT2D eigenvalue weighted by Gasteiger charge is -2.64. The molecule has 4 nitrogen and oxygen atoms in total. The van der Waals surface area contributed by atoms with Crippen LogP contribution < -0.4 is 0 Å². The van der Waals surface area contributed by atoms with Gasteiger partial charge in [0.15, 0.2) is 3.79 Å². The molecule has 0 bridgehead atoms. The fourth-order valence-corrected chi connectivity index (χ4v) is 5.90. The van der Waals surface area contributed by atoms with E-state index in [0.29, 0.717) is 0 Å². The molecule has 1 heterocycles. The van der Waals surface area contributed by atoms with Crippen molar-refractivity contribution in [1.29, 1.82) is 0 Å². The zero-order valence-electron chi connectivity index (χ0n) is 11.9. The van der Waals surface area contributed by atoms with E-state index in [4.69, 9.17) is 34.8 Å². The van der Waals surface area contributed by atoms with E-state index in [1.165, 1.54) is 6.42 Å². The van der Waals surface area contributed by atoms with Crippen LogP contribution >= 0.6 is 34.8 Å². The van der Waals surface area contributed by atoms with Crippen LogP contribution in [0.1, 0.15) is 44.9 Å². The highest BCUT2D eigenvalue weighted by Crippen LogP contribution is 2.63. The molecule has 2 saturated carbocycles. The van der Waals surface area contributed by atoms with Crippen molar-refractivity contribution in [2.45, 2.75) is 60.3 Å². The Morgan fingerprint density at radius 3 is 2.33 bits per heavy atom. The first-order valence-corrected chi connectivity index (χ1v) is 8.97. The Labute approximate surface area is 140 Å². The second kappa shape index (κ2) is 5.70. The Balaban J connectivity index is 1.96. The number of hydrogen-bond donors (Lipinski definition) is 0. The van der Waals surface area contributed by atoms with Crippen LogP contribution in [-0.2, 0) is 0 Å². The molecule has 3 rings (SSSR count). The summed E-state index contributed by atoms with van der Waals surface area (Å²) in [7, 11) is 0. The lowest BCUT2D eigenvalue weighted by molar-refractivity contribution is -0.581. The summed E-state index contributed by atoms with van der Waals surface area (Å²) in [6.45, 7) is 1.90. The summed E-state index contributed by atoms with van der Waals surface area (Å²) < 4.78 is -1.54. The zero-order valence-corrected chi connectivity index (χ0v) is 14.2. The van der Waals surface area contributed by atoms with Crippen LogP contribution in [0.25, 0.3) is 0 Å². The highest BCUT2D eigenvalue weighted by atomic mass is 35.6. The Bertz CT molecular complexity index is 423. The molecule has 21 heavy (non-hydrogen) atoms. The average molecular weight is 356 g/mol. The molecule has 7 heteroatoms. The molecular formula is C14H21Cl3N2O2.